The molecule has 2 aromatic heterocycles. The van der Waals surface area contributed by atoms with Gasteiger partial charge in [-0.05, 0) is 87.9 Å². The van der Waals surface area contributed by atoms with Crippen LogP contribution < -0.4 is 14.8 Å². The highest BCUT2D eigenvalue weighted by Crippen LogP contribution is 2.47. The van der Waals surface area contributed by atoms with E-state index in [1.54, 1.807) is 43.4 Å². The van der Waals surface area contributed by atoms with Crippen molar-refractivity contribution in [2.75, 3.05) is 27.3 Å². The molecule has 2 amide bonds. The normalized spacial score (nSPS) is 24.2. The molecule has 2 heterocycles. The van der Waals surface area contributed by atoms with Gasteiger partial charge in [-0.3, -0.25) is 9.59 Å². The molecule has 3 aromatic rings. The SMILES string of the molecule is C=CCCCCN(C)C(=O)[C@@H]1C[C@H](Oc2nc(-c3nc(C4CC4)cs3)cc3cc(OC)ccc23)C[C@H]1C(=O)NC1(C(=O)OCC)C[C@H]1C=C. The highest BCUT2D eigenvalue weighted by atomic mass is 32.1. The van der Waals surface area contributed by atoms with Gasteiger partial charge in [0.05, 0.1) is 31.2 Å². The van der Waals surface area contributed by atoms with Gasteiger partial charge in [0.1, 0.15) is 28.1 Å². The van der Waals surface area contributed by atoms with Crippen LogP contribution >= 0.6 is 11.3 Å². The van der Waals surface area contributed by atoms with Gasteiger partial charge < -0.3 is 24.4 Å². The molecule has 0 saturated heterocycles. The van der Waals surface area contributed by atoms with Gasteiger partial charge in [0.2, 0.25) is 17.7 Å². The number of methoxy groups -OCH3 is 1. The molecule has 3 aliphatic rings. The Kier molecular flexibility index (Phi) is 10.4. The number of nitrogens with one attached hydrogen (secondary N) is 1. The number of rotatable bonds is 16. The number of fused-ring (bicyclic) bond motifs is 1. The molecule has 1 unspecified atom stereocenters. The van der Waals surface area contributed by atoms with Crippen molar-refractivity contribution in [1.29, 1.82) is 0 Å². The van der Waals surface area contributed by atoms with Crippen LogP contribution in [0.4, 0.5) is 0 Å². The van der Waals surface area contributed by atoms with Gasteiger partial charge in [0, 0.05) is 36.2 Å². The number of carbonyl (C=O) groups excluding carboxylic acids is 3. The highest BCUT2D eigenvalue weighted by molar-refractivity contribution is 7.13. The van der Waals surface area contributed by atoms with E-state index in [0.717, 1.165) is 53.6 Å². The zero-order valence-electron chi connectivity index (χ0n) is 28.6. The Morgan fingerprint density at radius 3 is 2.61 bits per heavy atom. The number of amides is 2. The van der Waals surface area contributed by atoms with Gasteiger partial charge in [0.15, 0.2) is 0 Å². The van der Waals surface area contributed by atoms with E-state index < -0.39 is 29.4 Å². The molecular weight excluding hydrogens is 641 g/mol. The first-order valence-corrected chi connectivity index (χ1v) is 18.2. The average molecular weight is 687 g/mol. The van der Waals surface area contributed by atoms with Gasteiger partial charge in [-0.15, -0.1) is 24.5 Å². The molecule has 49 heavy (non-hydrogen) atoms. The summed E-state index contributed by atoms with van der Waals surface area (Å²) in [5, 5.41) is 7.61. The number of carbonyl (C=O) groups is 3. The van der Waals surface area contributed by atoms with Gasteiger partial charge in [-0.2, -0.15) is 0 Å². The summed E-state index contributed by atoms with van der Waals surface area (Å²) in [7, 11) is 3.41. The van der Waals surface area contributed by atoms with Gasteiger partial charge >= 0.3 is 5.97 Å². The molecule has 0 bridgehead atoms. The summed E-state index contributed by atoms with van der Waals surface area (Å²) in [5.41, 5.74) is 0.646. The van der Waals surface area contributed by atoms with Crippen LogP contribution in [-0.4, -0.2) is 71.6 Å². The van der Waals surface area contributed by atoms with Crippen molar-refractivity contribution in [3.63, 3.8) is 0 Å². The molecule has 1 N–H and O–H groups in total. The molecule has 3 saturated carbocycles. The lowest BCUT2D eigenvalue weighted by Crippen LogP contribution is -2.50. The highest BCUT2D eigenvalue weighted by Gasteiger charge is 2.62. The van der Waals surface area contributed by atoms with Crippen LogP contribution in [0.1, 0.15) is 69.9 Å². The second-order valence-corrected chi connectivity index (χ2v) is 14.3. The summed E-state index contributed by atoms with van der Waals surface area (Å²) >= 11 is 1.57. The standard InChI is InChI=1S/C38H46N4O6S/c1-6-9-10-11-16-42(4)36(44)30-20-27(19-29(30)33(43)41-38(21-25(38)7-2)37(45)47-8-3)48-34-28-15-14-26(46-5)17-24(28)18-31(39-34)35-40-32(22-49-35)23-12-13-23/h6-7,14-15,17-18,22-23,25,27,29-30H,1-2,8-13,16,19-21H2,3-5H3,(H,41,43)/t25-,27-,29-,30-,38?/m1/s1. The largest absolute Gasteiger partial charge is 0.497 e. The third-order valence-electron chi connectivity index (χ3n) is 10.0. The smallest absolute Gasteiger partial charge is 0.332 e. The monoisotopic (exact) mass is 686 g/mol. The van der Waals surface area contributed by atoms with E-state index >= 15 is 0 Å². The van der Waals surface area contributed by atoms with Crippen molar-refractivity contribution in [2.45, 2.75) is 75.9 Å². The van der Waals surface area contributed by atoms with Gasteiger partial charge in [0.25, 0.3) is 0 Å². The maximum absolute atomic E-state index is 14.1. The molecule has 0 aliphatic heterocycles. The molecule has 1 aromatic carbocycles. The molecular formula is C38H46N4O6S. The lowest BCUT2D eigenvalue weighted by atomic mass is 9.93. The number of hydrogen-bond acceptors (Lipinski definition) is 9. The Balaban J connectivity index is 1.28. The van der Waals surface area contributed by atoms with E-state index in [4.69, 9.17) is 24.2 Å². The number of aromatic nitrogens is 2. The fourth-order valence-corrected chi connectivity index (χ4v) is 7.78. The average Bonchev–Trinajstić information content (AvgIpc) is 3.98. The third-order valence-corrected chi connectivity index (χ3v) is 10.9. The first kappa shape index (κ1) is 34.6. The molecule has 10 nitrogen and oxygen atoms in total. The fourth-order valence-electron chi connectivity index (χ4n) is 6.91. The number of benzene rings is 1. The number of hydrogen-bond donors (Lipinski definition) is 1. The maximum Gasteiger partial charge on any atom is 0.332 e. The summed E-state index contributed by atoms with van der Waals surface area (Å²) < 4.78 is 17.5. The Morgan fingerprint density at radius 2 is 1.92 bits per heavy atom. The van der Waals surface area contributed by atoms with Gasteiger partial charge in [-0.1, -0.05) is 12.2 Å². The summed E-state index contributed by atoms with van der Waals surface area (Å²) in [4.78, 5) is 52.6. The van der Waals surface area contributed by atoms with Crippen LogP contribution in [0, 0.1) is 17.8 Å². The lowest BCUT2D eigenvalue weighted by Gasteiger charge is -2.26. The Bertz CT molecular complexity index is 1740. The van der Waals surface area contributed by atoms with Crippen LogP contribution in [0.2, 0.25) is 0 Å². The van der Waals surface area contributed by atoms with E-state index in [2.05, 4.69) is 23.9 Å². The lowest BCUT2D eigenvalue weighted by molar-refractivity contribution is -0.150. The van der Waals surface area contributed by atoms with E-state index in [9.17, 15) is 14.4 Å². The fraction of sp³-hybridized carbons (Fsp3) is 0.500. The first-order chi connectivity index (χ1) is 23.7. The number of esters is 1. The minimum Gasteiger partial charge on any atom is -0.497 e. The Labute approximate surface area is 291 Å². The quantitative estimate of drug-likeness (QED) is 0.104. The van der Waals surface area contributed by atoms with Crippen LogP contribution in [0.25, 0.3) is 21.5 Å². The number of allylic oxidation sites excluding steroid dienone is 1. The number of ether oxygens (including phenoxy) is 3. The summed E-state index contributed by atoms with van der Waals surface area (Å²) in [6.07, 6.45) is 9.06. The molecule has 3 aliphatic carbocycles. The Morgan fingerprint density at radius 1 is 1.12 bits per heavy atom. The van der Waals surface area contributed by atoms with E-state index in [1.807, 2.05) is 30.3 Å². The number of pyridine rings is 1. The second-order valence-electron chi connectivity index (χ2n) is 13.4. The zero-order chi connectivity index (χ0) is 34.7. The summed E-state index contributed by atoms with van der Waals surface area (Å²) in [5.74, 6) is -0.858. The van der Waals surface area contributed by atoms with Crippen molar-refractivity contribution in [2.24, 2.45) is 17.8 Å². The predicted molar refractivity (Wildman–Crippen MR) is 190 cm³/mol. The van der Waals surface area contributed by atoms with E-state index in [0.29, 0.717) is 42.6 Å². The van der Waals surface area contributed by atoms with Crippen molar-refractivity contribution >= 4 is 39.9 Å². The topological polar surface area (TPSA) is 120 Å². The molecule has 3 fully saturated rings. The predicted octanol–water partition coefficient (Wildman–Crippen LogP) is 6.46. The van der Waals surface area contributed by atoms with Gasteiger partial charge in [-0.25, -0.2) is 14.8 Å². The van der Waals surface area contributed by atoms with Crippen LogP contribution in [0.15, 0.2) is 55.0 Å². The number of unbranched alkanes of at least 4 members (excludes halogenated alkanes) is 2. The molecule has 5 atom stereocenters. The Hall–Kier alpha value is -4.25. The van der Waals surface area contributed by atoms with E-state index in [1.165, 1.54) is 0 Å². The van der Waals surface area contributed by atoms with Crippen LogP contribution in [0.3, 0.4) is 0 Å². The summed E-state index contributed by atoms with van der Waals surface area (Å²) in [6, 6.07) is 7.73. The molecule has 0 spiro atoms. The second kappa shape index (κ2) is 14.7. The maximum atomic E-state index is 14.1. The first-order valence-electron chi connectivity index (χ1n) is 17.3. The van der Waals surface area contributed by atoms with E-state index in [-0.39, 0.29) is 30.8 Å². The zero-order valence-corrected chi connectivity index (χ0v) is 29.4. The molecule has 11 heteroatoms. The molecule has 0 radical (unpaired) electrons. The van der Waals surface area contributed by atoms with Crippen LogP contribution in [0.5, 0.6) is 11.6 Å². The minimum absolute atomic E-state index is 0.113. The van der Waals surface area contributed by atoms with Crippen molar-refractivity contribution in [3.8, 4) is 22.3 Å². The molecule has 6 rings (SSSR count). The summed E-state index contributed by atoms with van der Waals surface area (Å²) in [6.45, 7) is 10.1. The third kappa shape index (κ3) is 7.37. The molecule has 260 valence electrons. The van der Waals surface area contributed by atoms with Crippen molar-refractivity contribution in [3.05, 3.63) is 60.6 Å². The van der Waals surface area contributed by atoms with Crippen molar-refractivity contribution < 1.29 is 28.6 Å². The van der Waals surface area contributed by atoms with Crippen molar-refractivity contribution in [1.82, 2.24) is 20.2 Å². The number of thiazole rings is 1. The minimum atomic E-state index is -1.16. The number of nitrogens with zero attached hydrogens (tertiary/aromatic N) is 3. The van der Waals surface area contributed by atoms with Crippen LogP contribution in [-0.2, 0) is 19.1 Å².